The maximum absolute atomic E-state index is 12.2. The van der Waals surface area contributed by atoms with Crippen LogP contribution in [0.3, 0.4) is 0 Å². The third kappa shape index (κ3) is 36.0. The van der Waals surface area contributed by atoms with Gasteiger partial charge in [0.15, 0.2) is 0 Å². The lowest BCUT2D eigenvalue weighted by Crippen LogP contribution is -2.16. The second kappa shape index (κ2) is 39.2. The van der Waals surface area contributed by atoms with Crippen LogP contribution >= 0.6 is 0 Å². The van der Waals surface area contributed by atoms with Crippen LogP contribution in [0.15, 0.2) is 24.3 Å². The summed E-state index contributed by atoms with van der Waals surface area (Å²) < 4.78 is 16.1. The fraction of sp³-hybridized carbons (Fsp3) is 0.864. The van der Waals surface area contributed by atoms with E-state index in [1.54, 1.807) is 0 Å². The summed E-state index contributed by atoms with van der Waals surface area (Å²) in [4.78, 5) is 24.4. The van der Waals surface area contributed by atoms with Gasteiger partial charge in [-0.05, 0) is 12.8 Å². The Morgan fingerprint density at radius 2 is 0.551 bits per heavy atom. The summed E-state index contributed by atoms with van der Waals surface area (Å²) in [6.45, 7) is 13.0. The summed E-state index contributed by atoms with van der Waals surface area (Å²) >= 11 is 0. The van der Waals surface area contributed by atoms with Gasteiger partial charge in [0.2, 0.25) is 0 Å². The van der Waals surface area contributed by atoms with Gasteiger partial charge in [0.25, 0.3) is 0 Å². The van der Waals surface area contributed by atoms with Crippen LogP contribution < -0.4 is 0 Å². The highest BCUT2D eigenvalue weighted by Crippen LogP contribution is 2.15. The van der Waals surface area contributed by atoms with Crippen molar-refractivity contribution in [3.63, 3.8) is 0 Å². The van der Waals surface area contributed by atoms with Crippen molar-refractivity contribution in [3.8, 4) is 0 Å². The van der Waals surface area contributed by atoms with Crippen molar-refractivity contribution in [1.82, 2.24) is 0 Å². The molecule has 0 N–H and O–H groups in total. The van der Waals surface area contributed by atoms with E-state index in [0.29, 0.717) is 13.2 Å². The van der Waals surface area contributed by atoms with Gasteiger partial charge < -0.3 is 14.2 Å². The zero-order valence-corrected chi connectivity index (χ0v) is 32.9. The lowest BCUT2D eigenvalue weighted by molar-refractivity contribution is -0.139. The molecule has 0 rings (SSSR count). The molecule has 0 amide bonds. The van der Waals surface area contributed by atoms with Crippen LogP contribution in [0.2, 0.25) is 0 Å². The largest absolute Gasteiger partial charge is 0.462 e. The molecule has 0 unspecified atom stereocenters. The van der Waals surface area contributed by atoms with Gasteiger partial charge in [-0.2, -0.15) is 0 Å². The van der Waals surface area contributed by atoms with Crippen molar-refractivity contribution in [2.75, 3.05) is 26.4 Å². The highest BCUT2D eigenvalue weighted by Gasteiger charge is 2.12. The van der Waals surface area contributed by atoms with Crippen LogP contribution in [-0.4, -0.2) is 38.4 Å². The molecular weight excluding hydrogens is 608 g/mol. The molecule has 0 fully saturated rings. The SMILES string of the molecule is C=C(COCC(=C)C(=O)OCCCCCCCCCCCCCCCCCC)C(=O)OCCCCCCCCCCCCCCCCCC. The number of unbranched alkanes of at least 4 members (excludes halogenated alkanes) is 30. The molecule has 0 aromatic carbocycles. The van der Waals surface area contributed by atoms with E-state index in [9.17, 15) is 9.59 Å². The number of hydrogen-bond acceptors (Lipinski definition) is 5. The number of carbonyl (C=O) groups excluding carboxylic acids is 2. The molecule has 0 spiro atoms. The first kappa shape index (κ1) is 47.4. The topological polar surface area (TPSA) is 61.8 Å². The smallest absolute Gasteiger partial charge is 0.335 e. The monoisotopic (exact) mass is 691 g/mol. The third-order valence-corrected chi connectivity index (χ3v) is 9.59. The summed E-state index contributed by atoms with van der Waals surface area (Å²) in [6.07, 6.45) is 42.1. The van der Waals surface area contributed by atoms with Crippen molar-refractivity contribution in [2.24, 2.45) is 0 Å². The fourth-order valence-corrected chi connectivity index (χ4v) is 6.25. The number of hydrogen-bond donors (Lipinski definition) is 0. The number of esters is 2. The van der Waals surface area contributed by atoms with Crippen molar-refractivity contribution >= 4 is 11.9 Å². The Labute approximate surface area is 305 Å². The van der Waals surface area contributed by atoms with Crippen LogP contribution in [0.1, 0.15) is 219 Å². The van der Waals surface area contributed by atoms with E-state index in [1.165, 1.54) is 180 Å². The van der Waals surface area contributed by atoms with Crippen LogP contribution in [-0.2, 0) is 23.8 Å². The minimum Gasteiger partial charge on any atom is -0.462 e. The molecular formula is C44H82O5. The molecule has 0 aliphatic rings. The summed E-state index contributed by atoms with van der Waals surface area (Å²) in [7, 11) is 0. The van der Waals surface area contributed by atoms with Crippen molar-refractivity contribution in [2.45, 2.75) is 219 Å². The van der Waals surface area contributed by atoms with Crippen LogP contribution in [0.5, 0.6) is 0 Å². The van der Waals surface area contributed by atoms with Crippen LogP contribution in [0, 0.1) is 0 Å². The van der Waals surface area contributed by atoms with Gasteiger partial charge in [0.1, 0.15) is 0 Å². The van der Waals surface area contributed by atoms with Gasteiger partial charge in [-0.3, -0.25) is 0 Å². The van der Waals surface area contributed by atoms with Gasteiger partial charge in [-0.25, -0.2) is 9.59 Å². The Balaban J connectivity index is 3.47. The standard InChI is InChI=1S/C44H82O5/c1-5-7-9-11-13-15-17-19-21-23-25-27-29-31-33-35-37-48-43(45)41(3)39-47-40-42(4)44(46)49-38-36-34-32-30-28-26-24-22-20-18-16-14-12-10-8-6-2/h3-40H2,1-2H3. The lowest BCUT2D eigenvalue weighted by Gasteiger charge is -2.10. The number of ether oxygens (including phenoxy) is 3. The van der Waals surface area contributed by atoms with E-state index in [2.05, 4.69) is 27.0 Å². The molecule has 0 saturated heterocycles. The highest BCUT2D eigenvalue weighted by molar-refractivity contribution is 5.88. The van der Waals surface area contributed by atoms with Gasteiger partial charge in [0.05, 0.1) is 37.6 Å². The molecule has 0 aromatic rings. The predicted octanol–water partition coefficient (Wildman–Crippen LogP) is 13.7. The first-order chi connectivity index (χ1) is 24.0. The van der Waals surface area contributed by atoms with E-state index < -0.39 is 11.9 Å². The second-order valence-electron chi connectivity index (χ2n) is 14.6. The van der Waals surface area contributed by atoms with E-state index in [4.69, 9.17) is 14.2 Å². The first-order valence-electron chi connectivity index (χ1n) is 21.3. The zero-order valence-electron chi connectivity index (χ0n) is 32.9. The molecule has 0 aliphatic heterocycles. The van der Waals surface area contributed by atoms with E-state index >= 15 is 0 Å². The predicted molar refractivity (Wildman–Crippen MR) is 210 cm³/mol. The Morgan fingerprint density at radius 1 is 0.347 bits per heavy atom. The van der Waals surface area contributed by atoms with Crippen molar-refractivity contribution in [1.29, 1.82) is 0 Å². The van der Waals surface area contributed by atoms with Crippen LogP contribution in [0.25, 0.3) is 0 Å². The third-order valence-electron chi connectivity index (χ3n) is 9.59. The second-order valence-corrected chi connectivity index (χ2v) is 14.6. The van der Waals surface area contributed by atoms with Gasteiger partial charge in [-0.1, -0.05) is 220 Å². The molecule has 288 valence electrons. The Bertz CT molecular complexity index is 698. The lowest BCUT2D eigenvalue weighted by atomic mass is 10.0. The average molecular weight is 691 g/mol. The fourth-order valence-electron chi connectivity index (χ4n) is 6.25. The highest BCUT2D eigenvalue weighted by atomic mass is 16.5. The Kier molecular flexibility index (Phi) is 37.9. The van der Waals surface area contributed by atoms with E-state index in [-0.39, 0.29) is 24.4 Å². The molecule has 5 heteroatoms. The van der Waals surface area contributed by atoms with E-state index in [0.717, 1.165) is 25.7 Å². The summed E-state index contributed by atoms with van der Waals surface area (Å²) in [5.74, 6) is -0.865. The first-order valence-corrected chi connectivity index (χ1v) is 21.3. The minimum absolute atomic E-state index is 0.0171. The molecule has 0 aromatic heterocycles. The average Bonchev–Trinajstić information content (AvgIpc) is 3.10. The summed E-state index contributed by atoms with van der Waals surface area (Å²) in [6, 6.07) is 0. The molecule has 0 heterocycles. The summed E-state index contributed by atoms with van der Waals surface area (Å²) in [5, 5.41) is 0. The Hall–Kier alpha value is -1.62. The van der Waals surface area contributed by atoms with Gasteiger partial charge in [-0.15, -0.1) is 0 Å². The van der Waals surface area contributed by atoms with Crippen molar-refractivity contribution < 1.29 is 23.8 Å². The number of rotatable bonds is 40. The van der Waals surface area contributed by atoms with Crippen molar-refractivity contribution in [3.05, 3.63) is 24.3 Å². The maximum atomic E-state index is 12.2. The quantitative estimate of drug-likeness (QED) is 0.0364. The zero-order chi connectivity index (χ0) is 35.9. The van der Waals surface area contributed by atoms with E-state index in [1.807, 2.05) is 0 Å². The summed E-state index contributed by atoms with van der Waals surface area (Å²) in [5.41, 5.74) is 0.511. The molecule has 0 radical (unpaired) electrons. The maximum Gasteiger partial charge on any atom is 0.335 e. The number of carbonyl (C=O) groups is 2. The molecule has 49 heavy (non-hydrogen) atoms. The normalized spacial score (nSPS) is 11.1. The van der Waals surface area contributed by atoms with Gasteiger partial charge in [0, 0.05) is 0 Å². The molecule has 0 aliphatic carbocycles. The molecule has 0 atom stereocenters. The minimum atomic E-state index is -0.433. The molecule has 5 nitrogen and oxygen atoms in total. The Morgan fingerprint density at radius 3 is 0.776 bits per heavy atom. The van der Waals surface area contributed by atoms with Crippen LogP contribution in [0.4, 0.5) is 0 Å². The van der Waals surface area contributed by atoms with Gasteiger partial charge >= 0.3 is 11.9 Å². The molecule has 0 bridgehead atoms. The molecule has 0 saturated carbocycles.